The molecular formula is C15H23F5O. The van der Waals surface area contributed by atoms with E-state index in [0.29, 0.717) is 37.5 Å². The molecule has 0 heterocycles. The second-order valence-electron chi connectivity index (χ2n) is 6.69. The lowest BCUT2D eigenvalue weighted by atomic mass is 9.71. The SMILES string of the molecule is CC1CCC(C2CCC(OC(F)(F)C(F)(F)F)CC2)CC1. The summed E-state index contributed by atoms with van der Waals surface area (Å²) in [5.74, 6) is 1.84. The lowest BCUT2D eigenvalue weighted by molar-refractivity contribution is -0.404. The molecule has 1 nitrogen and oxygen atoms in total. The summed E-state index contributed by atoms with van der Waals surface area (Å²) >= 11 is 0. The molecule has 2 fully saturated rings. The normalized spacial score (nSPS) is 35.7. The van der Waals surface area contributed by atoms with E-state index in [-0.39, 0.29) is 0 Å². The van der Waals surface area contributed by atoms with Gasteiger partial charge in [0, 0.05) is 0 Å². The number of halogens is 5. The van der Waals surface area contributed by atoms with E-state index in [9.17, 15) is 22.0 Å². The van der Waals surface area contributed by atoms with Gasteiger partial charge in [0.15, 0.2) is 0 Å². The lowest BCUT2D eigenvalue weighted by Crippen LogP contribution is -2.43. The van der Waals surface area contributed by atoms with Crippen molar-refractivity contribution in [3.63, 3.8) is 0 Å². The first-order valence-electron chi connectivity index (χ1n) is 7.81. The van der Waals surface area contributed by atoms with E-state index in [1.165, 1.54) is 12.8 Å². The van der Waals surface area contributed by atoms with Crippen molar-refractivity contribution in [2.45, 2.75) is 76.7 Å². The van der Waals surface area contributed by atoms with Gasteiger partial charge in [-0.25, -0.2) is 0 Å². The van der Waals surface area contributed by atoms with E-state index >= 15 is 0 Å². The highest BCUT2D eigenvalue weighted by Gasteiger charge is 2.60. The van der Waals surface area contributed by atoms with Crippen molar-refractivity contribution in [1.82, 2.24) is 0 Å². The molecule has 0 atom stereocenters. The lowest BCUT2D eigenvalue weighted by Gasteiger charge is -2.38. The highest BCUT2D eigenvalue weighted by molar-refractivity contribution is 4.82. The van der Waals surface area contributed by atoms with E-state index in [2.05, 4.69) is 11.7 Å². The molecule has 21 heavy (non-hydrogen) atoms. The van der Waals surface area contributed by atoms with Gasteiger partial charge in [-0.15, -0.1) is 0 Å². The second-order valence-corrected chi connectivity index (χ2v) is 6.69. The van der Waals surface area contributed by atoms with E-state index in [4.69, 9.17) is 0 Å². The summed E-state index contributed by atoms with van der Waals surface area (Å²) < 4.78 is 66.1. The molecule has 0 N–H and O–H groups in total. The largest absolute Gasteiger partial charge is 0.482 e. The van der Waals surface area contributed by atoms with Crippen LogP contribution in [0.15, 0.2) is 0 Å². The molecule has 2 saturated carbocycles. The van der Waals surface area contributed by atoms with Crippen LogP contribution >= 0.6 is 0 Å². The first kappa shape index (κ1) is 17.0. The fourth-order valence-corrected chi connectivity index (χ4v) is 3.71. The van der Waals surface area contributed by atoms with Crippen LogP contribution in [-0.2, 0) is 4.74 Å². The average molecular weight is 314 g/mol. The number of rotatable bonds is 3. The van der Waals surface area contributed by atoms with Gasteiger partial charge < -0.3 is 4.74 Å². The van der Waals surface area contributed by atoms with Gasteiger partial charge in [0.1, 0.15) is 0 Å². The fraction of sp³-hybridized carbons (Fsp3) is 1.00. The summed E-state index contributed by atoms with van der Waals surface area (Å²) in [6, 6.07) is 0. The summed E-state index contributed by atoms with van der Waals surface area (Å²) in [4.78, 5) is 0. The number of hydrogen-bond acceptors (Lipinski definition) is 1. The van der Waals surface area contributed by atoms with Crippen LogP contribution in [0.1, 0.15) is 58.3 Å². The predicted octanol–water partition coefficient (Wildman–Crippen LogP) is 5.54. The van der Waals surface area contributed by atoms with Gasteiger partial charge in [0.2, 0.25) is 0 Å². The summed E-state index contributed by atoms with van der Waals surface area (Å²) in [6.45, 7) is 2.24. The van der Waals surface area contributed by atoms with Gasteiger partial charge in [-0.2, -0.15) is 22.0 Å². The molecule has 2 aliphatic carbocycles. The Balaban J connectivity index is 1.78. The first-order chi connectivity index (χ1) is 9.69. The molecule has 2 rings (SSSR count). The minimum absolute atomic E-state index is 0.308. The topological polar surface area (TPSA) is 9.23 Å². The quantitative estimate of drug-likeness (QED) is 0.621. The zero-order valence-corrected chi connectivity index (χ0v) is 12.3. The molecule has 0 bridgehead atoms. The average Bonchev–Trinajstić information content (AvgIpc) is 2.39. The first-order valence-corrected chi connectivity index (χ1v) is 7.81. The smallest absolute Gasteiger partial charge is 0.310 e. The maximum absolute atomic E-state index is 12.9. The maximum Gasteiger partial charge on any atom is 0.482 e. The third-order valence-electron chi connectivity index (χ3n) is 5.09. The maximum atomic E-state index is 12.9. The molecule has 0 aromatic carbocycles. The third kappa shape index (κ3) is 4.30. The van der Waals surface area contributed by atoms with E-state index in [1.54, 1.807) is 0 Å². The van der Waals surface area contributed by atoms with Gasteiger partial charge >= 0.3 is 12.3 Å². The van der Waals surface area contributed by atoms with Crippen LogP contribution in [0.4, 0.5) is 22.0 Å². The molecule has 0 aromatic rings. The zero-order chi connectivity index (χ0) is 15.7. The summed E-state index contributed by atoms with van der Waals surface area (Å²) in [6.07, 6.45) is -4.86. The van der Waals surface area contributed by atoms with Crippen LogP contribution < -0.4 is 0 Å². The van der Waals surface area contributed by atoms with E-state index < -0.39 is 18.4 Å². The molecule has 0 amide bonds. The molecule has 0 saturated heterocycles. The molecule has 124 valence electrons. The Labute approximate surface area is 122 Å². The highest BCUT2D eigenvalue weighted by Crippen LogP contribution is 2.43. The molecular weight excluding hydrogens is 291 g/mol. The van der Waals surface area contributed by atoms with Crippen LogP contribution in [0.25, 0.3) is 0 Å². The van der Waals surface area contributed by atoms with Crippen molar-refractivity contribution < 1.29 is 26.7 Å². The van der Waals surface area contributed by atoms with Crippen molar-refractivity contribution in [3.8, 4) is 0 Å². The third-order valence-corrected chi connectivity index (χ3v) is 5.09. The van der Waals surface area contributed by atoms with E-state index in [0.717, 1.165) is 18.8 Å². The Morgan fingerprint density at radius 3 is 1.57 bits per heavy atom. The van der Waals surface area contributed by atoms with Gasteiger partial charge in [0.05, 0.1) is 6.10 Å². The van der Waals surface area contributed by atoms with Gasteiger partial charge in [0.25, 0.3) is 0 Å². The molecule has 0 unspecified atom stereocenters. The monoisotopic (exact) mass is 314 g/mol. The number of ether oxygens (including phenoxy) is 1. The molecule has 0 radical (unpaired) electrons. The zero-order valence-electron chi connectivity index (χ0n) is 12.3. The Morgan fingerprint density at radius 1 is 0.714 bits per heavy atom. The van der Waals surface area contributed by atoms with Crippen molar-refractivity contribution in [2.24, 2.45) is 17.8 Å². The number of hydrogen-bond donors (Lipinski definition) is 0. The Bertz CT molecular complexity index is 325. The molecule has 0 spiro atoms. The summed E-state index contributed by atoms with van der Waals surface area (Å²) in [5.41, 5.74) is 0. The number of alkyl halides is 5. The Kier molecular flexibility index (Phi) is 5.16. The minimum atomic E-state index is -5.62. The van der Waals surface area contributed by atoms with Crippen molar-refractivity contribution in [2.75, 3.05) is 0 Å². The predicted molar refractivity (Wildman–Crippen MR) is 69.0 cm³/mol. The second kappa shape index (κ2) is 6.39. The van der Waals surface area contributed by atoms with Crippen molar-refractivity contribution in [1.29, 1.82) is 0 Å². The Morgan fingerprint density at radius 2 is 1.14 bits per heavy atom. The molecule has 0 aliphatic heterocycles. The van der Waals surface area contributed by atoms with Crippen LogP contribution in [0, 0.1) is 17.8 Å². The van der Waals surface area contributed by atoms with Gasteiger partial charge in [-0.3, -0.25) is 0 Å². The standard InChI is InChI=1S/C15H23F5O/c1-10-2-4-11(5-3-10)12-6-8-13(9-7-12)21-15(19,20)14(16,17)18/h10-13H,2-9H2,1H3. The van der Waals surface area contributed by atoms with Crippen LogP contribution in [0.3, 0.4) is 0 Å². The molecule has 6 heteroatoms. The van der Waals surface area contributed by atoms with Crippen molar-refractivity contribution >= 4 is 0 Å². The Hall–Kier alpha value is -0.390. The van der Waals surface area contributed by atoms with Crippen LogP contribution in [-0.4, -0.2) is 18.4 Å². The van der Waals surface area contributed by atoms with Gasteiger partial charge in [-0.1, -0.05) is 19.8 Å². The molecule has 0 aromatic heterocycles. The highest BCUT2D eigenvalue weighted by atomic mass is 19.4. The van der Waals surface area contributed by atoms with Crippen LogP contribution in [0.5, 0.6) is 0 Å². The van der Waals surface area contributed by atoms with Gasteiger partial charge in [-0.05, 0) is 56.3 Å². The van der Waals surface area contributed by atoms with Crippen LogP contribution in [0.2, 0.25) is 0 Å². The van der Waals surface area contributed by atoms with E-state index in [1.807, 2.05) is 0 Å². The minimum Gasteiger partial charge on any atom is -0.310 e. The summed E-state index contributed by atoms with van der Waals surface area (Å²) in [7, 11) is 0. The van der Waals surface area contributed by atoms with Crippen molar-refractivity contribution in [3.05, 3.63) is 0 Å². The fourth-order valence-electron chi connectivity index (χ4n) is 3.71. The molecule has 2 aliphatic rings. The summed E-state index contributed by atoms with van der Waals surface area (Å²) in [5, 5.41) is 0.